The topological polar surface area (TPSA) is 49.3 Å². The van der Waals surface area contributed by atoms with Crippen molar-refractivity contribution in [2.24, 2.45) is 0 Å². The van der Waals surface area contributed by atoms with Gasteiger partial charge in [-0.15, -0.1) is 0 Å². The Balaban J connectivity index is 0.883. The zero-order chi connectivity index (χ0) is 42.3. The van der Waals surface area contributed by atoms with Gasteiger partial charge < -0.3 is 22.4 Å². The molecule has 1 aliphatic carbocycles. The largest absolute Gasteiger partial charge is 0.456 e. The molecular formula is C60H34N2O3. The summed E-state index contributed by atoms with van der Waals surface area (Å²) in [5.41, 5.74) is 16.5. The molecular weight excluding hydrogens is 797 g/mol. The number of hydrogen-bond acceptors (Lipinski definition) is 3. The molecule has 0 N–H and O–H groups in total. The first-order valence-corrected chi connectivity index (χ1v) is 22.2. The highest BCUT2D eigenvalue weighted by Gasteiger charge is 2.22. The van der Waals surface area contributed by atoms with Gasteiger partial charge >= 0.3 is 0 Å². The van der Waals surface area contributed by atoms with Crippen LogP contribution in [-0.2, 0) is 6.42 Å². The maximum absolute atomic E-state index is 6.89. The fourth-order valence-electron chi connectivity index (χ4n) is 11.0. The molecule has 302 valence electrons. The van der Waals surface area contributed by atoms with Gasteiger partial charge in [-0.1, -0.05) is 109 Å². The number of aryl methyl sites for hydroxylation is 1. The summed E-state index contributed by atoms with van der Waals surface area (Å²) in [7, 11) is 0. The average molecular weight is 831 g/mol. The number of para-hydroxylation sites is 5. The molecule has 5 aromatic heterocycles. The number of aromatic nitrogens is 2. The Morgan fingerprint density at radius 2 is 1.11 bits per heavy atom. The van der Waals surface area contributed by atoms with Gasteiger partial charge in [0.2, 0.25) is 0 Å². The number of furan rings is 3. The molecule has 0 spiro atoms. The smallest absolute Gasteiger partial charge is 0.159 e. The SMILES string of the molecule is c1cc(-c2ccc3c(c2)c2ccccc2n3-c2cccc3c2oc2ccc(-n4c5ccccc5c5cc(-c6cccc7c8c(oc67)C=CCC8)ccc54)cc23)c2oc3ccccc3c2c#1. The van der Waals surface area contributed by atoms with Gasteiger partial charge in [0.15, 0.2) is 11.2 Å². The molecule has 0 fully saturated rings. The standard InChI is InChI=1S/C60H34N2O3/c1-5-21-50-40(12-1)47-32-35(38-16-9-18-44-42-14-3-7-24-55(42)63-58(38)44)26-29-52(47)61(50)37-28-31-57-49(34-37)46-20-11-23-54(60(46)65-57)62-51-22-6-2-13-41(51)48-33-36(27-30-53(48)62)39-17-10-19-45-43-15-4-8-25-56(43)64-59(39)45/h1-2,4-9,11-13,15-18,20-34H,3,14H2. The second-order valence-corrected chi connectivity index (χ2v) is 17.3. The van der Waals surface area contributed by atoms with Crippen LogP contribution in [-0.4, -0.2) is 9.13 Å². The van der Waals surface area contributed by atoms with Gasteiger partial charge in [0.05, 0.1) is 33.1 Å². The van der Waals surface area contributed by atoms with Crippen molar-refractivity contribution in [3.05, 3.63) is 199 Å². The third kappa shape index (κ3) is 4.83. The summed E-state index contributed by atoms with van der Waals surface area (Å²) >= 11 is 0. The number of nitrogens with zero attached hydrogens (tertiary/aromatic N) is 2. The summed E-state index contributed by atoms with van der Waals surface area (Å²) in [5, 5.41) is 10.1. The summed E-state index contributed by atoms with van der Waals surface area (Å²) in [6.07, 6.45) is 6.39. The Bertz CT molecular complexity index is 4370. The van der Waals surface area contributed by atoms with E-state index < -0.39 is 0 Å². The molecule has 14 aromatic rings. The quantitative estimate of drug-likeness (QED) is 0.177. The van der Waals surface area contributed by atoms with Crippen LogP contribution in [0.25, 0.3) is 138 Å². The number of fused-ring (bicyclic) bond motifs is 15. The fraction of sp³-hybridized carbons (Fsp3) is 0.0333. The summed E-state index contributed by atoms with van der Waals surface area (Å²) in [6.45, 7) is 0. The first-order chi connectivity index (χ1) is 32.2. The van der Waals surface area contributed by atoms with E-state index in [0.29, 0.717) is 0 Å². The first kappa shape index (κ1) is 34.8. The number of allylic oxidation sites excluding steroid dienone is 1. The monoisotopic (exact) mass is 830 g/mol. The molecule has 65 heavy (non-hydrogen) atoms. The second kappa shape index (κ2) is 12.9. The van der Waals surface area contributed by atoms with Gasteiger partial charge in [-0.25, -0.2) is 0 Å². The predicted molar refractivity (Wildman–Crippen MR) is 265 cm³/mol. The van der Waals surface area contributed by atoms with E-state index in [-0.39, 0.29) is 0 Å². The van der Waals surface area contributed by atoms with Crippen molar-refractivity contribution in [3.8, 4) is 33.6 Å². The zero-order valence-corrected chi connectivity index (χ0v) is 34.9. The molecule has 0 radical (unpaired) electrons. The van der Waals surface area contributed by atoms with Gasteiger partial charge in [0.1, 0.15) is 22.5 Å². The molecule has 0 amide bonds. The molecule has 5 heteroatoms. The summed E-state index contributed by atoms with van der Waals surface area (Å²) in [5.74, 6) is 0.988. The highest BCUT2D eigenvalue weighted by molar-refractivity contribution is 6.16. The molecule has 9 aromatic carbocycles. The highest BCUT2D eigenvalue weighted by atomic mass is 16.3. The molecule has 0 bridgehead atoms. The zero-order valence-electron chi connectivity index (χ0n) is 34.9. The van der Waals surface area contributed by atoms with Crippen molar-refractivity contribution in [1.82, 2.24) is 9.13 Å². The molecule has 5 heterocycles. The average Bonchev–Trinajstić information content (AvgIpc) is 4.18. The van der Waals surface area contributed by atoms with Crippen molar-refractivity contribution >= 4 is 105 Å². The third-order valence-electron chi connectivity index (χ3n) is 13.9. The van der Waals surface area contributed by atoms with E-state index in [9.17, 15) is 0 Å². The maximum Gasteiger partial charge on any atom is 0.159 e. The number of hydrogen-bond donors (Lipinski definition) is 0. The maximum atomic E-state index is 6.89. The lowest BCUT2D eigenvalue weighted by Gasteiger charge is -2.09. The Hall–Kier alpha value is -8.72. The van der Waals surface area contributed by atoms with Gasteiger partial charge in [-0.3, -0.25) is 0 Å². The van der Waals surface area contributed by atoms with Crippen molar-refractivity contribution in [2.45, 2.75) is 12.8 Å². The van der Waals surface area contributed by atoms with E-state index in [1.807, 2.05) is 24.3 Å². The third-order valence-corrected chi connectivity index (χ3v) is 13.9. The fourth-order valence-corrected chi connectivity index (χ4v) is 11.0. The first-order valence-electron chi connectivity index (χ1n) is 22.2. The predicted octanol–water partition coefficient (Wildman–Crippen LogP) is 16.3. The Morgan fingerprint density at radius 1 is 0.446 bits per heavy atom. The lowest BCUT2D eigenvalue weighted by Crippen LogP contribution is -1.94. The minimum Gasteiger partial charge on any atom is -0.456 e. The normalized spacial score (nSPS) is 12.9. The Morgan fingerprint density at radius 3 is 1.95 bits per heavy atom. The molecule has 0 aliphatic heterocycles. The number of rotatable bonds is 4. The van der Waals surface area contributed by atoms with Crippen LogP contribution in [0.1, 0.15) is 17.7 Å². The molecule has 0 atom stereocenters. The van der Waals surface area contributed by atoms with Crippen molar-refractivity contribution in [3.63, 3.8) is 0 Å². The van der Waals surface area contributed by atoms with E-state index in [4.69, 9.17) is 13.3 Å². The minimum atomic E-state index is 0.823. The van der Waals surface area contributed by atoms with E-state index in [2.05, 4.69) is 179 Å². The second-order valence-electron chi connectivity index (χ2n) is 17.3. The molecule has 0 saturated heterocycles. The molecule has 0 unspecified atom stereocenters. The van der Waals surface area contributed by atoms with Crippen LogP contribution in [0, 0.1) is 12.1 Å². The summed E-state index contributed by atoms with van der Waals surface area (Å²) in [4.78, 5) is 0. The van der Waals surface area contributed by atoms with E-state index in [1.54, 1.807) is 0 Å². The molecule has 5 nitrogen and oxygen atoms in total. The lowest BCUT2D eigenvalue weighted by atomic mass is 9.97. The van der Waals surface area contributed by atoms with Gasteiger partial charge in [0, 0.05) is 71.5 Å². The molecule has 1 aliphatic rings. The van der Waals surface area contributed by atoms with E-state index in [0.717, 1.165) is 129 Å². The van der Waals surface area contributed by atoms with Crippen molar-refractivity contribution in [2.75, 3.05) is 0 Å². The molecule has 0 saturated carbocycles. The minimum absolute atomic E-state index is 0.823. The summed E-state index contributed by atoms with van der Waals surface area (Å²) in [6, 6.07) is 67.3. The van der Waals surface area contributed by atoms with Crippen LogP contribution < -0.4 is 0 Å². The molecule has 15 rings (SSSR count). The van der Waals surface area contributed by atoms with Gasteiger partial charge in [0.25, 0.3) is 0 Å². The number of benzene rings is 8. The van der Waals surface area contributed by atoms with Crippen molar-refractivity contribution < 1.29 is 13.3 Å². The van der Waals surface area contributed by atoms with Crippen LogP contribution >= 0.6 is 0 Å². The van der Waals surface area contributed by atoms with Crippen LogP contribution in [0.5, 0.6) is 0 Å². The van der Waals surface area contributed by atoms with Crippen LogP contribution in [0.4, 0.5) is 0 Å². The van der Waals surface area contributed by atoms with Gasteiger partial charge in [-0.05, 0) is 103 Å². The van der Waals surface area contributed by atoms with Gasteiger partial charge in [-0.2, -0.15) is 0 Å². The Kier molecular flexibility index (Phi) is 6.92. The van der Waals surface area contributed by atoms with Crippen molar-refractivity contribution in [1.29, 1.82) is 0 Å². The Labute approximate surface area is 371 Å². The lowest BCUT2D eigenvalue weighted by molar-refractivity contribution is 0.596. The van der Waals surface area contributed by atoms with Crippen LogP contribution in [0.15, 0.2) is 189 Å². The van der Waals surface area contributed by atoms with Crippen LogP contribution in [0.3, 0.4) is 0 Å². The van der Waals surface area contributed by atoms with E-state index in [1.165, 1.54) is 27.1 Å². The van der Waals surface area contributed by atoms with Crippen LogP contribution in [0.2, 0.25) is 0 Å². The summed E-state index contributed by atoms with van der Waals surface area (Å²) < 4.78 is 24.6. The highest BCUT2D eigenvalue weighted by Crippen LogP contribution is 2.44. The van der Waals surface area contributed by atoms with E-state index >= 15 is 0 Å².